The molecule has 1 aromatic carbocycles. The van der Waals surface area contributed by atoms with Gasteiger partial charge in [-0.05, 0) is 38.5 Å². The summed E-state index contributed by atoms with van der Waals surface area (Å²) in [6, 6.07) is 7.09. The summed E-state index contributed by atoms with van der Waals surface area (Å²) >= 11 is 0. The number of anilines is 2. The van der Waals surface area contributed by atoms with E-state index in [1.165, 1.54) is 11.3 Å². The molecule has 2 rings (SSSR count). The molecule has 0 fully saturated rings. The molecule has 4 nitrogen and oxygen atoms in total. The van der Waals surface area contributed by atoms with Crippen molar-refractivity contribution in [2.45, 2.75) is 58.5 Å². The second-order valence-corrected chi connectivity index (χ2v) is 6.72. The van der Waals surface area contributed by atoms with Gasteiger partial charge in [0.2, 0.25) is 5.91 Å². The Morgan fingerprint density at radius 2 is 2.10 bits per heavy atom. The van der Waals surface area contributed by atoms with Crippen molar-refractivity contribution in [3.8, 4) is 0 Å². The molecule has 1 atom stereocenters. The molecule has 116 valence electrons. The molecule has 0 saturated heterocycles. The van der Waals surface area contributed by atoms with E-state index in [2.05, 4.69) is 57.0 Å². The quantitative estimate of drug-likeness (QED) is 0.896. The van der Waals surface area contributed by atoms with E-state index in [1.54, 1.807) is 0 Å². The molecule has 0 bridgehead atoms. The Hall–Kier alpha value is -1.55. The Morgan fingerprint density at radius 1 is 1.43 bits per heavy atom. The molecule has 0 spiro atoms. The van der Waals surface area contributed by atoms with Crippen LogP contribution in [0.15, 0.2) is 18.2 Å². The third kappa shape index (κ3) is 2.77. The summed E-state index contributed by atoms with van der Waals surface area (Å²) in [5.74, 6) is -0.0288. The zero-order valence-corrected chi connectivity index (χ0v) is 13.7. The molecular formula is C17H27N3O. The first-order valence-corrected chi connectivity index (χ1v) is 7.71. The highest BCUT2D eigenvalue weighted by molar-refractivity contribution is 5.91. The summed E-state index contributed by atoms with van der Waals surface area (Å²) in [5, 5.41) is 2.93. The van der Waals surface area contributed by atoms with Crippen LogP contribution in [0, 0.1) is 0 Å². The van der Waals surface area contributed by atoms with E-state index in [0.29, 0.717) is 25.0 Å². The predicted molar refractivity (Wildman–Crippen MR) is 88.8 cm³/mol. The minimum absolute atomic E-state index is 0.0288. The van der Waals surface area contributed by atoms with Crippen LogP contribution in [0.2, 0.25) is 0 Å². The van der Waals surface area contributed by atoms with Gasteiger partial charge in [0.1, 0.15) is 0 Å². The monoisotopic (exact) mass is 289 g/mol. The average molecular weight is 289 g/mol. The van der Waals surface area contributed by atoms with Crippen molar-refractivity contribution in [3.05, 3.63) is 23.8 Å². The summed E-state index contributed by atoms with van der Waals surface area (Å²) in [6.45, 7) is 11.6. The van der Waals surface area contributed by atoms with Gasteiger partial charge in [0.05, 0.1) is 0 Å². The Labute approximate surface area is 127 Å². The van der Waals surface area contributed by atoms with E-state index in [4.69, 9.17) is 5.73 Å². The number of nitrogens with zero attached hydrogens (tertiary/aromatic N) is 1. The van der Waals surface area contributed by atoms with Gasteiger partial charge in [0.15, 0.2) is 0 Å². The lowest BCUT2D eigenvalue weighted by Gasteiger charge is -2.34. The number of fused-ring (bicyclic) bond motifs is 1. The highest BCUT2D eigenvalue weighted by Gasteiger charge is 2.42. The zero-order chi connectivity index (χ0) is 15.8. The molecule has 1 aliphatic rings. The van der Waals surface area contributed by atoms with E-state index in [1.807, 2.05) is 6.07 Å². The molecule has 1 amide bonds. The normalized spacial score (nSPS) is 19.8. The van der Waals surface area contributed by atoms with E-state index in [0.717, 1.165) is 5.69 Å². The second-order valence-electron chi connectivity index (χ2n) is 6.72. The molecule has 0 saturated carbocycles. The number of rotatable bonds is 4. The molecule has 1 aromatic rings. The average Bonchev–Trinajstić information content (AvgIpc) is 2.57. The smallest absolute Gasteiger partial charge is 0.225 e. The van der Waals surface area contributed by atoms with Crippen LogP contribution in [0.5, 0.6) is 0 Å². The Kier molecular flexibility index (Phi) is 4.28. The maximum atomic E-state index is 11.7. The number of amides is 1. The second kappa shape index (κ2) is 5.68. The lowest BCUT2D eigenvalue weighted by Crippen LogP contribution is -2.42. The molecule has 0 aromatic heterocycles. The Balaban J connectivity index is 2.37. The molecule has 0 radical (unpaired) electrons. The SMILES string of the molecule is CC(C)N1c2cc(NC(=O)CCN)ccc2C(C)(C)C1C. The summed E-state index contributed by atoms with van der Waals surface area (Å²) in [4.78, 5) is 14.2. The van der Waals surface area contributed by atoms with Crippen LogP contribution in [0.4, 0.5) is 11.4 Å². The molecule has 21 heavy (non-hydrogen) atoms. The summed E-state index contributed by atoms with van der Waals surface area (Å²) in [7, 11) is 0. The van der Waals surface area contributed by atoms with Crippen LogP contribution in [-0.4, -0.2) is 24.5 Å². The molecule has 1 aliphatic heterocycles. The number of carbonyl (C=O) groups is 1. The van der Waals surface area contributed by atoms with Gasteiger partial charge in [-0.25, -0.2) is 0 Å². The lowest BCUT2D eigenvalue weighted by atomic mass is 9.81. The van der Waals surface area contributed by atoms with Crippen LogP contribution in [0.3, 0.4) is 0 Å². The molecule has 1 heterocycles. The van der Waals surface area contributed by atoms with Gasteiger partial charge in [-0.15, -0.1) is 0 Å². The van der Waals surface area contributed by atoms with Crippen LogP contribution in [0.25, 0.3) is 0 Å². The van der Waals surface area contributed by atoms with Gasteiger partial charge in [-0.1, -0.05) is 19.9 Å². The zero-order valence-electron chi connectivity index (χ0n) is 13.7. The highest BCUT2D eigenvalue weighted by atomic mass is 16.1. The van der Waals surface area contributed by atoms with E-state index in [-0.39, 0.29) is 11.3 Å². The molecular weight excluding hydrogens is 262 g/mol. The summed E-state index contributed by atoms with van der Waals surface area (Å²) in [6.07, 6.45) is 0.354. The van der Waals surface area contributed by atoms with E-state index in [9.17, 15) is 4.79 Å². The third-order valence-corrected chi connectivity index (χ3v) is 4.64. The minimum atomic E-state index is -0.0288. The fourth-order valence-electron chi connectivity index (χ4n) is 3.23. The van der Waals surface area contributed by atoms with Crippen LogP contribution >= 0.6 is 0 Å². The van der Waals surface area contributed by atoms with E-state index < -0.39 is 0 Å². The standard InChI is InChI=1S/C17H27N3O/c1-11(2)20-12(3)17(4,5)14-7-6-13(10-15(14)20)19-16(21)8-9-18/h6-7,10-12H,8-9,18H2,1-5H3,(H,19,21). The van der Waals surface area contributed by atoms with Gasteiger partial charge in [-0.3, -0.25) is 4.79 Å². The summed E-state index contributed by atoms with van der Waals surface area (Å²) in [5.41, 5.74) is 8.96. The molecule has 4 heteroatoms. The number of hydrogen-bond donors (Lipinski definition) is 2. The van der Waals surface area contributed by atoms with Crippen molar-refractivity contribution in [3.63, 3.8) is 0 Å². The van der Waals surface area contributed by atoms with Gasteiger partial charge < -0.3 is 16.0 Å². The van der Waals surface area contributed by atoms with Gasteiger partial charge >= 0.3 is 0 Å². The number of benzene rings is 1. The third-order valence-electron chi connectivity index (χ3n) is 4.64. The molecule has 3 N–H and O–H groups in total. The largest absolute Gasteiger partial charge is 0.365 e. The highest BCUT2D eigenvalue weighted by Crippen LogP contribution is 2.46. The Morgan fingerprint density at radius 3 is 2.67 bits per heavy atom. The van der Waals surface area contributed by atoms with Crippen molar-refractivity contribution in [2.75, 3.05) is 16.8 Å². The van der Waals surface area contributed by atoms with Crippen LogP contribution < -0.4 is 16.0 Å². The summed E-state index contributed by atoms with van der Waals surface area (Å²) < 4.78 is 0. The predicted octanol–water partition coefficient (Wildman–Crippen LogP) is 2.87. The number of hydrogen-bond acceptors (Lipinski definition) is 3. The van der Waals surface area contributed by atoms with E-state index >= 15 is 0 Å². The van der Waals surface area contributed by atoms with Crippen molar-refractivity contribution < 1.29 is 4.79 Å². The maximum absolute atomic E-state index is 11.7. The maximum Gasteiger partial charge on any atom is 0.225 e. The molecule has 1 unspecified atom stereocenters. The van der Waals surface area contributed by atoms with Gasteiger partial charge in [-0.2, -0.15) is 0 Å². The first kappa shape index (κ1) is 15.8. The van der Waals surface area contributed by atoms with Crippen molar-refractivity contribution in [1.29, 1.82) is 0 Å². The Bertz CT molecular complexity index is 537. The fourth-order valence-corrected chi connectivity index (χ4v) is 3.23. The minimum Gasteiger partial charge on any atom is -0.365 e. The first-order valence-electron chi connectivity index (χ1n) is 7.71. The van der Waals surface area contributed by atoms with Crippen LogP contribution in [0.1, 0.15) is 46.6 Å². The van der Waals surface area contributed by atoms with Crippen LogP contribution in [-0.2, 0) is 10.2 Å². The van der Waals surface area contributed by atoms with Gasteiger partial charge in [0.25, 0.3) is 0 Å². The van der Waals surface area contributed by atoms with Crippen molar-refractivity contribution in [2.24, 2.45) is 5.73 Å². The fraction of sp³-hybridized carbons (Fsp3) is 0.588. The topological polar surface area (TPSA) is 58.4 Å². The van der Waals surface area contributed by atoms with Crippen molar-refractivity contribution >= 4 is 17.3 Å². The van der Waals surface area contributed by atoms with Crippen molar-refractivity contribution in [1.82, 2.24) is 0 Å². The lowest BCUT2D eigenvalue weighted by molar-refractivity contribution is -0.116. The van der Waals surface area contributed by atoms with Gasteiger partial charge in [0, 0.05) is 41.8 Å². The number of nitrogens with two attached hydrogens (primary N) is 1. The number of nitrogens with one attached hydrogen (secondary N) is 1. The first-order chi connectivity index (χ1) is 9.78. The molecule has 0 aliphatic carbocycles. The number of carbonyl (C=O) groups excluding carboxylic acids is 1.